The smallest absolute Gasteiger partial charge is 0.310 e. The van der Waals surface area contributed by atoms with Gasteiger partial charge in [0.25, 0.3) is 0 Å². The summed E-state index contributed by atoms with van der Waals surface area (Å²) in [5.41, 5.74) is -1.55. The van der Waals surface area contributed by atoms with Gasteiger partial charge >= 0.3 is 11.9 Å². The Morgan fingerprint density at radius 2 is 1.07 bits per heavy atom. The number of carbonyl (C=O) groups is 2. The van der Waals surface area contributed by atoms with Crippen LogP contribution in [-0.2, 0) is 19.4 Å². The minimum atomic E-state index is -3.42. The van der Waals surface area contributed by atoms with Crippen LogP contribution in [0.3, 0.4) is 0 Å². The third kappa shape index (κ3) is 11.5. The molecule has 2 aliphatic carbocycles. The van der Waals surface area contributed by atoms with E-state index < -0.39 is 37.4 Å². The van der Waals surface area contributed by atoms with Crippen LogP contribution in [0.1, 0.15) is 135 Å². The molecule has 240 valence electrons. The van der Waals surface area contributed by atoms with Crippen LogP contribution in [0.15, 0.2) is 0 Å². The number of carboxylic acids is 2. The zero-order valence-corrected chi connectivity index (χ0v) is 27.4. The molecular formula is C32H64O6S2. The normalized spacial score (nSPS) is 27.6. The van der Waals surface area contributed by atoms with E-state index in [0.29, 0.717) is 30.6 Å². The molecule has 40 heavy (non-hydrogen) atoms. The van der Waals surface area contributed by atoms with Gasteiger partial charge in [0.05, 0.1) is 21.3 Å². The third-order valence-corrected chi connectivity index (χ3v) is 13.3. The van der Waals surface area contributed by atoms with Crippen molar-refractivity contribution in [3.63, 3.8) is 0 Å². The van der Waals surface area contributed by atoms with Crippen molar-refractivity contribution >= 4 is 33.5 Å². The Hall–Kier alpha value is -0.760. The summed E-state index contributed by atoms with van der Waals surface area (Å²) in [5.74, 6) is 1.44. The highest BCUT2D eigenvalue weighted by molar-refractivity contribution is 8.00. The molecule has 0 bridgehead atoms. The standard InChI is InChI=1S/C15H28O4S.C15H28O2S.2CH4/c1-11(2)12-6-8-15(9-7-12,13(16)17)10-20(18,19)14(3,4)5;1-11(2)12-6-8-15(9-7-12,13(16)17)10-18-14(3,4)5;;/h11-12H,6-10H2,1-5H3,(H,16,17);11-12H,6-10H2,1-5H3,(H,16,17);2*1H4. The SMILES string of the molecule is C.C.CC(C)C1CCC(CS(=O)(=O)C(C)(C)C)(C(=O)O)CC1.CC(C)C1CCC(CSC(C)(C)C)(C(=O)O)CC1. The molecule has 0 amide bonds. The highest BCUT2D eigenvalue weighted by atomic mass is 32.2. The highest BCUT2D eigenvalue weighted by Gasteiger charge is 2.48. The Balaban J connectivity index is 0. The Labute approximate surface area is 252 Å². The molecule has 0 aromatic rings. The molecule has 2 saturated carbocycles. The fourth-order valence-electron chi connectivity index (χ4n) is 5.49. The van der Waals surface area contributed by atoms with Gasteiger partial charge in [-0.2, -0.15) is 11.8 Å². The van der Waals surface area contributed by atoms with Crippen molar-refractivity contribution in [2.24, 2.45) is 34.5 Å². The van der Waals surface area contributed by atoms with Crippen LogP contribution in [-0.4, -0.2) is 51.6 Å². The molecule has 0 saturated heterocycles. The maximum Gasteiger partial charge on any atom is 0.310 e. The summed E-state index contributed by atoms with van der Waals surface area (Å²) in [6.45, 7) is 20.2. The minimum Gasteiger partial charge on any atom is -0.481 e. The van der Waals surface area contributed by atoms with Crippen LogP contribution in [0.2, 0.25) is 0 Å². The number of thioether (sulfide) groups is 1. The number of sulfone groups is 1. The lowest BCUT2D eigenvalue weighted by molar-refractivity contribution is -0.151. The van der Waals surface area contributed by atoms with Crippen LogP contribution in [0.5, 0.6) is 0 Å². The second kappa shape index (κ2) is 15.6. The summed E-state index contributed by atoms with van der Waals surface area (Å²) in [6.07, 6.45) is 6.43. The predicted octanol–water partition coefficient (Wildman–Crippen LogP) is 8.82. The Morgan fingerprint density at radius 1 is 0.750 bits per heavy atom. The average Bonchev–Trinajstić information content (AvgIpc) is 2.77. The molecular weight excluding hydrogens is 544 g/mol. The van der Waals surface area contributed by atoms with Crippen LogP contribution < -0.4 is 0 Å². The van der Waals surface area contributed by atoms with Gasteiger partial charge in [-0.05, 0) is 95.8 Å². The van der Waals surface area contributed by atoms with Gasteiger partial charge in [0, 0.05) is 10.5 Å². The van der Waals surface area contributed by atoms with Crippen molar-refractivity contribution in [2.45, 2.75) is 145 Å². The maximum absolute atomic E-state index is 12.4. The van der Waals surface area contributed by atoms with E-state index in [0.717, 1.165) is 50.2 Å². The number of hydrogen-bond donors (Lipinski definition) is 2. The molecule has 2 rings (SSSR count). The highest BCUT2D eigenvalue weighted by Crippen LogP contribution is 2.46. The van der Waals surface area contributed by atoms with E-state index in [2.05, 4.69) is 48.5 Å². The number of aliphatic carboxylic acids is 2. The van der Waals surface area contributed by atoms with Gasteiger partial charge in [-0.1, -0.05) is 63.3 Å². The van der Waals surface area contributed by atoms with Crippen molar-refractivity contribution in [1.82, 2.24) is 0 Å². The summed E-state index contributed by atoms with van der Waals surface area (Å²) < 4.78 is 24.0. The van der Waals surface area contributed by atoms with E-state index in [1.807, 2.05) is 0 Å². The average molecular weight is 609 g/mol. The Bertz CT molecular complexity index is 877. The summed E-state index contributed by atoms with van der Waals surface area (Å²) in [7, 11) is -3.42. The fraction of sp³-hybridized carbons (Fsp3) is 0.938. The van der Waals surface area contributed by atoms with E-state index in [1.165, 1.54) is 0 Å². The first-order valence-electron chi connectivity index (χ1n) is 14.4. The number of hydrogen-bond acceptors (Lipinski definition) is 5. The molecule has 6 nitrogen and oxygen atoms in total. The van der Waals surface area contributed by atoms with Gasteiger partial charge in [0.2, 0.25) is 0 Å². The van der Waals surface area contributed by atoms with Crippen molar-refractivity contribution in [1.29, 1.82) is 0 Å². The molecule has 0 atom stereocenters. The zero-order valence-electron chi connectivity index (χ0n) is 25.7. The van der Waals surface area contributed by atoms with E-state index in [9.17, 15) is 28.2 Å². The van der Waals surface area contributed by atoms with Gasteiger partial charge in [-0.3, -0.25) is 9.59 Å². The monoisotopic (exact) mass is 608 g/mol. The van der Waals surface area contributed by atoms with Crippen LogP contribution >= 0.6 is 11.8 Å². The first kappa shape index (κ1) is 41.4. The van der Waals surface area contributed by atoms with Crippen LogP contribution in [0.4, 0.5) is 0 Å². The Kier molecular flexibility index (Phi) is 16.2. The molecule has 0 unspecified atom stereocenters. The van der Waals surface area contributed by atoms with Gasteiger partial charge in [-0.15, -0.1) is 0 Å². The molecule has 2 aliphatic rings. The molecule has 8 heteroatoms. The number of rotatable bonds is 8. The fourth-order valence-corrected chi connectivity index (χ4v) is 8.19. The van der Waals surface area contributed by atoms with E-state index >= 15 is 0 Å². The predicted molar refractivity (Wildman–Crippen MR) is 173 cm³/mol. The Morgan fingerprint density at radius 3 is 1.32 bits per heavy atom. The summed E-state index contributed by atoms with van der Waals surface area (Å²) in [4.78, 5) is 23.3. The van der Waals surface area contributed by atoms with E-state index in [1.54, 1.807) is 32.5 Å². The van der Waals surface area contributed by atoms with E-state index in [4.69, 9.17) is 0 Å². The molecule has 0 radical (unpaired) electrons. The quantitative estimate of drug-likeness (QED) is 0.283. The second-order valence-electron chi connectivity index (χ2n) is 14.6. The van der Waals surface area contributed by atoms with Gasteiger partial charge in [-0.25, -0.2) is 8.42 Å². The zero-order chi connectivity index (χ0) is 29.7. The first-order chi connectivity index (χ1) is 17.1. The molecule has 0 heterocycles. The van der Waals surface area contributed by atoms with Crippen molar-refractivity contribution in [3.05, 3.63) is 0 Å². The molecule has 2 fully saturated rings. The van der Waals surface area contributed by atoms with Gasteiger partial charge in [0.1, 0.15) is 0 Å². The summed E-state index contributed by atoms with van der Waals surface area (Å²) in [5, 5.41) is 19.2. The summed E-state index contributed by atoms with van der Waals surface area (Å²) in [6, 6.07) is 0. The molecule has 2 N–H and O–H groups in total. The van der Waals surface area contributed by atoms with Crippen molar-refractivity contribution < 1.29 is 28.2 Å². The molecule has 0 spiro atoms. The van der Waals surface area contributed by atoms with Crippen LogP contribution in [0, 0.1) is 34.5 Å². The summed E-state index contributed by atoms with van der Waals surface area (Å²) >= 11 is 1.80. The largest absolute Gasteiger partial charge is 0.481 e. The van der Waals surface area contributed by atoms with Crippen molar-refractivity contribution in [3.8, 4) is 0 Å². The van der Waals surface area contributed by atoms with Gasteiger partial charge in [0.15, 0.2) is 9.84 Å². The van der Waals surface area contributed by atoms with Crippen LogP contribution in [0.25, 0.3) is 0 Å². The molecule has 0 aromatic carbocycles. The molecule has 0 aromatic heterocycles. The third-order valence-electron chi connectivity index (χ3n) is 8.95. The lowest BCUT2D eigenvalue weighted by Crippen LogP contribution is -2.45. The van der Waals surface area contributed by atoms with Crippen molar-refractivity contribution in [2.75, 3.05) is 11.5 Å². The first-order valence-corrected chi connectivity index (χ1v) is 17.0. The number of carboxylic acid groups (broad SMARTS) is 2. The van der Waals surface area contributed by atoms with Gasteiger partial charge < -0.3 is 10.2 Å². The lowest BCUT2D eigenvalue weighted by atomic mass is 9.69. The maximum atomic E-state index is 12.4. The lowest BCUT2D eigenvalue weighted by Gasteiger charge is -2.39. The second-order valence-corrected chi connectivity index (χ2v) is 19.2. The topological polar surface area (TPSA) is 109 Å². The molecule has 0 aliphatic heterocycles. The van der Waals surface area contributed by atoms with E-state index in [-0.39, 0.29) is 25.4 Å². The minimum absolute atomic E-state index is 0.